The number of halogens is 4. The summed E-state index contributed by atoms with van der Waals surface area (Å²) in [5.41, 5.74) is 4.21. The van der Waals surface area contributed by atoms with Gasteiger partial charge >= 0.3 is 6.18 Å². The average Bonchev–Trinajstić information content (AvgIpc) is 2.22. The third kappa shape index (κ3) is 5.35. The highest BCUT2D eigenvalue weighted by Crippen LogP contribution is 2.31. The lowest BCUT2D eigenvalue weighted by Gasteiger charge is -2.19. The van der Waals surface area contributed by atoms with Gasteiger partial charge in [0.1, 0.15) is 0 Å². The molecule has 106 valence electrons. The Hall–Kier alpha value is -0.830. The SMILES string of the molecule is CC(C)(N)CNC(=O)c1cc(I)cc(C(F)(F)F)c1. The molecule has 0 aliphatic carbocycles. The molecule has 7 heteroatoms. The lowest BCUT2D eigenvalue weighted by atomic mass is 10.1. The molecule has 0 aliphatic rings. The fourth-order valence-electron chi connectivity index (χ4n) is 1.29. The monoisotopic (exact) mass is 386 g/mol. The molecular formula is C12H14F3IN2O. The minimum atomic E-state index is -4.47. The van der Waals surface area contributed by atoms with Gasteiger partial charge in [-0.1, -0.05) is 0 Å². The van der Waals surface area contributed by atoms with E-state index in [4.69, 9.17) is 5.73 Å². The third-order valence-electron chi connectivity index (χ3n) is 2.19. The molecule has 3 N–H and O–H groups in total. The highest BCUT2D eigenvalue weighted by Gasteiger charge is 2.31. The lowest BCUT2D eigenvalue weighted by molar-refractivity contribution is -0.137. The van der Waals surface area contributed by atoms with Crippen LogP contribution in [0.3, 0.4) is 0 Å². The molecule has 1 aromatic rings. The number of benzene rings is 1. The van der Waals surface area contributed by atoms with Crippen LogP contribution < -0.4 is 11.1 Å². The van der Waals surface area contributed by atoms with Crippen LogP contribution >= 0.6 is 22.6 Å². The van der Waals surface area contributed by atoms with E-state index >= 15 is 0 Å². The van der Waals surface area contributed by atoms with E-state index in [0.717, 1.165) is 12.1 Å². The van der Waals surface area contributed by atoms with Crippen LogP contribution in [-0.4, -0.2) is 18.0 Å². The summed E-state index contributed by atoms with van der Waals surface area (Å²) < 4.78 is 38.2. The first-order valence-electron chi connectivity index (χ1n) is 5.44. The van der Waals surface area contributed by atoms with Crippen LogP contribution in [0.1, 0.15) is 29.8 Å². The van der Waals surface area contributed by atoms with Crippen molar-refractivity contribution in [1.29, 1.82) is 0 Å². The lowest BCUT2D eigenvalue weighted by Crippen LogP contribution is -2.45. The quantitative estimate of drug-likeness (QED) is 0.786. The van der Waals surface area contributed by atoms with Crippen LogP contribution in [0.2, 0.25) is 0 Å². The summed E-state index contributed by atoms with van der Waals surface area (Å²) >= 11 is 1.74. The molecule has 0 bridgehead atoms. The Kier molecular flexibility index (Phi) is 4.83. The molecule has 1 aromatic carbocycles. The molecule has 0 saturated carbocycles. The zero-order valence-corrected chi connectivity index (χ0v) is 12.6. The molecule has 0 fully saturated rings. The first kappa shape index (κ1) is 16.2. The minimum Gasteiger partial charge on any atom is -0.350 e. The van der Waals surface area contributed by atoms with Crippen molar-refractivity contribution in [2.45, 2.75) is 25.6 Å². The summed E-state index contributed by atoms with van der Waals surface area (Å²) in [4.78, 5) is 11.8. The van der Waals surface area contributed by atoms with Crippen LogP contribution in [0.5, 0.6) is 0 Å². The van der Waals surface area contributed by atoms with Gasteiger partial charge in [-0.15, -0.1) is 0 Å². The average molecular weight is 386 g/mol. The van der Waals surface area contributed by atoms with E-state index in [2.05, 4.69) is 5.32 Å². The molecule has 0 atom stereocenters. The topological polar surface area (TPSA) is 55.1 Å². The third-order valence-corrected chi connectivity index (χ3v) is 2.81. The van der Waals surface area contributed by atoms with Gasteiger partial charge in [-0.3, -0.25) is 4.79 Å². The number of nitrogens with one attached hydrogen (secondary N) is 1. The number of carbonyl (C=O) groups excluding carboxylic acids is 1. The van der Waals surface area contributed by atoms with Crippen LogP contribution in [0.25, 0.3) is 0 Å². The zero-order chi connectivity index (χ0) is 14.8. The van der Waals surface area contributed by atoms with E-state index in [1.807, 2.05) is 0 Å². The highest BCUT2D eigenvalue weighted by atomic mass is 127. The van der Waals surface area contributed by atoms with Gasteiger partial charge in [0.15, 0.2) is 0 Å². The van der Waals surface area contributed by atoms with E-state index in [1.54, 1.807) is 36.4 Å². The number of hydrogen-bond donors (Lipinski definition) is 2. The van der Waals surface area contributed by atoms with Gasteiger partial charge in [-0.2, -0.15) is 13.2 Å². The fourth-order valence-corrected chi connectivity index (χ4v) is 1.97. The summed E-state index contributed by atoms with van der Waals surface area (Å²) in [7, 11) is 0. The predicted molar refractivity (Wildman–Crippen MR) is 74.8 cm³/mol. The smallest absolute Gasteiger partial charge is 0.350 e. The Morgan fingerprint density at radius 1 is 1.32 bits per heavy atom. The number of nitrogens with two attached hydrogens (primary N) is 1. The van der Waals surface area contributed by atoms with Gasteiger partial charge in [0.05, 0.1) is 5.56 Å². The van der Waals surface area contributed by atoms with Gasteiger partial charge in [-0.05, 0) is 54.6 Å². The van der Waals surface area contributed by atoms with Gasteiger partial charge in [-0.25, -0.2) is 0 Å². The Bertz CT molecular complexity index is 481. The molecule has 0 heterocycles. The Balaban J connectivity index is 2.95. The molecule has 0 aromatic heterocycles. The Labute approximate surface area is 122 Å². The van der Waals surface area contributed by atoms with E-state index in [-0.39, 0.29) is 12.1 Å². The second kappa shape index (κ2) is 5.66. The second-order valence-corrected chi connectivity index (χ2v) is 6.14. The molecule has 3 nitrogen and oxygen atoms in total. The molecule has 1 rings (SSSR count). The van der Waals surface area contributed by atoms with Crippen LogP contribution in [0.15, 0.2) is 18.2 Å². The van der Waals surface area contributed by atoms with Gasteiger partial charge in [0.2, 0.25) is 0 Å². The molecule has 0 spiro atoms. The zero-order valence-electron chi connectivity index (χ0n) is 10.4. The maximum atomic E-state index is 12.6. The van der Waals surface area contributed by atoms with E-state index in [9.17, 15) is 18.0 Å². The van der Waals surface area contributed by atoms with Gasteiger partial charge in [0.25, 0.3) is 5.91 Å². The first-order valence-corrected chi connectivity index (χ1v) is 6.52. The van der Waals surface area contributed by atoms with Crippen molar-refractivity contribution in [1.82, 2.24) is 5.32 Å². The fraction of sp³-hybridized carbons (Fsp3) is 0.417. The van der Waals surface area contributed by atoms with Crippen LogP contribution in [0.4, 0.5) is 13.2 Å². The van der Waals surface area contributed by atoms with E-state index in [0.29, 0.717) is 3.57 Å². The largest absolute Gasteiger partial charge is 0.416 e. The van der Waals surface area contributed by atoms with Crippen LogP contribution in [-0.2, 0) is 6.18 Å². The molecular weight excluding hydrogens is 372 g/mol. The molecule has 19 heavy (non-hydrogen) atoms. The molecule has 0 saturated heterocycles. The van der Waals surface area contributed by atoms with Crippen molar-refractivity contribution in [3.63, 3.8) is 0 Å². The van der Waals surface area contributed by atoms with Crippen LogP contribution in [0, 0.1) is 3.57 Å². The van der Waals surface area contributed by atoms with Gasteiger partial charge < -0.3 is 11.1 Å². The van der Waals surface area contributed by atoms with E-state index in [1.165, 1.54) is 6.07 Å². The summed E-state index contributed by atoms with van der Waals surface area (Å²) in [5, 5.41) is 2.51. The number of rotatable bonds is 3. The van der Waals surface area contributed by atoms with Crippen molar-refractivity contribution >= 4 is 28.5 Å². The Morgan fingerprint density at radius 2 is 1.89 bits per heavy atom. The standard InChI is InChI=1S/C12H14F3IN2O/c1-11(2,17)6-18-10(19)7-3-8(12(13,14)15)5-9(16)4-7/h3-5H,6,17H2,1-2H3,(H,18,19). The number of hydrogen-bond acceptors (Lipinski definition) is 2. The summed E-state index contributed by atoms with van der Waals surface area (Å²) in [6.07, 6.45) is -4.47. The molecule has 0 radical (unpaired) electrons. The maximum Gasteiger partial charge on any atom is 0.416 e. The van der Waals surface area contributed by atoms with Crippen molar-refractivity contribution < 1.29 is 18.0 Å². The molecule has 0 unspecified atom stereocenters. The molecule has 1 amide bonds. The summed E-state index contributed by atoms with van der Waals surface area (Å²) in [6, 6.07) is 3.22. The minimum absolute atomic E-state index is 0.0246. The summed E-state index contributed by atoms with van der Waals surface area (Å²) in [5.74, 6) is -0.567. The Morgan fingerprint density at radius 3 is 2.37 bits per heavy atom. The normalized spacial score (nSPS) is 12.4. The maximum absolute atomic E-state index is 12.6. The predicted octanol–water partition coefficient (Wildman–Crippen LogP) is 2.78. The first-order chi connectivity index (χ1) is 8.49. The second-order valence-electron chi connectivity index (χ2n) is 4.90. The van der Waals surface area contributed by atoms with Crippen molar-refractivity contribution in [3.8, 4) is 0 Å². The summed E-state index contributed by atoms with van der Waals surface area (Å²) in [6.45, 7) is 3.60. The molecule has 0 aliphatic heterocycles. The van der Waals surface area contributed by atoms with Crippen molar-refractivity contribution in [2.75, 3.05) is 6.54 Å². The number of alkyl halides is 3. The highest BCUT2D eigenvalue weighted by molar-refractivity contribution is 14.1. The number of carbonyl (C=O) groups is 1. The van der Waals surface area contributed by atoms with Crippen molar-refractivity contribution in [3.05, 3.63) is 32.9 Å². The van der Waals surface area contributed by atoms with Gasteiger partial charge in [0, 0.05) is 21.2 Å². The van der Waals surface area contributed by atoms with Crippen molar-refractivity contribution in [2.24, 2.45) is 5.73 Å². The number of amides is 1. The van der Waals surface area contributed by atoms with E-state index < -0.39 is 23.2 Å².